The van der Waals surface area contributed by atoms with Gasteiger partial charge in [-0.15, -0.1) is 0 Å². The Bertz CT molecular complexity index is 1180. The smallest absolute Gasteiger partial charge is 0.293 e. The lowest BCUT2D eigenvalue weighted by atomic mass is 10.0. The van der Waals surface area contributed by atoms with Gasteiger partial charge in [0.15, 0.2) is 5.76 Å². The minimum absolute atomic E-state index is 0.0788. The van der Waals surface area contributed by atoms with Crippen LogP contribution in [0.25, 0.3) is 0 Å². The fourth-order valence-electron chi connectivity index (χ4n) is 3.30. The lowest BCUT2D eigenvalue weighted by Gasteiger charge is -2.29. The van der Waals surface area contributed by atoms with E-state index in [4.69, 9.17) is 27.6 Å². The molecule has 0 saturated carbocycles. The molecule has 0 bridgehead atoms. The van der Waals surface area contributed by atoms with Crippen LogP contribution in [-0.2, 0) is 16.4 Å². The number of hydrogen-bond donors (Lipinski definition) is 1. The van der Waals surface area contributed by atoms with Crippen molar-refractivity contribution in [2.24, 2.45) is 0 Å². The predicted molar refractivity (Wildman–Crippen MR) is 112 cm³/mol. The van der Waals surface area contributed by atoms with Gasteiger partial charge < -0.3 is 9.32 Å². The predicted octanol–water partition coefficient (Wildman–Crippen LogP) is 4.98. The third kappa shape index (κ3) is 3.99. The number of carbonyl (C=O) groups excluding carboxylic acids is 1. The SMILES string of the molecule is O=C(c1ccco1)N1CCCc2cc(NS(=O)(=O)c3cc(Cl)ccc3Cl)ccc21. The first kappa shape index (κ1) is 19.8. The Balaban J connectivity index is 1.63. The number of nitrogens with zero attached hydrogens (tertiary/aromatic N) is 1. The van der Waals surface area contributed by atoms with Gasteiger partial charge in [-0.2, -0.15) is 0 Å². The molecule has 0 atom stereocenters. The van der Waals surface area contributed by atoms with Crippen LogP contribution >= 0.6 is 23.2 Å². The molecule has 2 heterocycles. The zero-order chi connectivity index (χ0) is 20.6. The number of sulfonamides is 1. The fraction of sp³-hybridized carbons (Fsp3) is 0.150. The Morgan fingerprint density at radius 1 is 1.10 bits per heavy atom. The van der Waals surface area contributed by atoms with Crippen LogP contribution in [-0.4, -0.2) is 20.9 Å². The Morgan fingerprint density at radius 3 is 2.69 bits per heavy atom. The summed E-state index contributed by atoms with van der Waals surface area (Å²) in [6.45, 7) is 0.565. The number of nitrogens with one attached hydrogen (secondary N) is 1. The number of amides is 1. The number of aryl methyl sites for hydroxylation is 1. The van der Waals surface area contributed by atoms with Gasteiger partial charge in [-0.25, -0.2) is 8.42 Å². The van der Waals surface area contributed by atoms with Crippen molar-refractivity contribution in [2.45, 2.75) is 17.7 Å². The molecule has 0 spiro atoms. The number of fused-ring (bicyclic) bond motifs is 1. The van der Waals surface area contributed by atoms with Crippen LogP contribution in [0, 0.1) is 0 Å². The maximum absolute atomic E-state index is 12.7. The molecule has 0 unspecified atom stereocenters. The van der Waals surface area contributed by atoms with Crippen LogP contribution < -0.4 is 9.62 Å². The second kappa shape index (κ2) is 7.74. The zero-order valence-electron chi connectivity index (χ0n) is 15.1. The summed E-state index contributed by atoms with van der Waals surface area (Å²) in [5, 5.41) is 0.349. The van der Waals surface area contributed by atoms with Crippen molar-refractivity contribution in [3.8, 4) is 0 Å². The van der Waals surface area contributed by atoms with E-state index in [-0.39, 0.29) is 26.6 Å². The summed E-state index contributed by atoms with van der Waals surface area (Å²) in [6.07, 6.45) is 2.94. The normalized spacial score (nSPS) is 13.8. The summed E-state index contributed by atoms with van der Waals surface area (Å²) in [4.78, 5) is 14.2. The number of halogens is 2. The van der Waals surface area contributed by atoms with Crippen molar-refractivity contribution < 1.29 is 17.6 Å². The maximum atomic E-state index is 12.7. The molecular weight excluding hydrogens is 435 g/mol. The van der Waals surface area contributed by atoms with Crippen LogP contribution in [0.4, 0.5) is 11.4 Å². The van der Waals surface area contributed by atoms with Gasteiger partial charge in [0, 0.05) is 22.9 Å². The van der Waals surface area contributed by atoms with Crippen LogP contribution in [0.5, 0.6) is 0 Å². The third-order valence-corrected chi connectivity index (χ3v) is 6.71. The lowest BCUT2D eigenvalue weighted by Crippen LogP contribution is -2.35. The van der Waals surface area contributed by atoms with Crippen molar-refractivity contribution >= 4 is 50.5 Å². The second-order valence-corrected chi connectivity index (χ2v) is 9.06. The zero-order valence-corrected chi connectivity index (χ0v) is 17.4. The Labute approximate surface area is 178 Å². The molecule has 1 aliphatic heterocycles. The minimum atomic E-state index is -3.92. The highest BCUT2D eigenvalue weighted by atomic mass is 35.5. The molecule has 150 valence electrons. The summed E-state index contributed by atoms with van der Waals surface area (Å²) in [7, 11) is -3.92. The van der Waals surface area contributed by atoms with E-state index in [1.54, 1.807) is 35.2 Å². The van der Waals surface area contributed by atoms with Crippen molar-refractivity contribution in [1.82, 2.24) is 0 Å². The maximum Gasteiger partial charge on any atom is 0.293 e. The van der Waals surface area contributed by atoms with E-state index in [0.29, 0.717) is 12.2 Å². The average Bonchev–Trinajstić information content (AvgIpc) is 3.23. The lowest BCUT2D eigenvalue weighted by molar-refractivity contribution is 0.0958. The van der Waals surface area contributed by atoms with Crippen LogP contribution in [0.3, 0.4) is 0 Å². The van der Waals surface area contributed by atoms with E-state index in [0.717, 1.165) is 24.1 Å². The first-order chi connectivity index (χ1) is 13.8. The number of furan rings is 1. The first-order valence-electron chi connectivity index (χ1n) is 8.81. The molecule has 1 aromatic heterocycles. The molecule has 0 aliphatic carbocycles. The molecule has 29 heavy (non-hydrogen) atoms. The van der Waals surface area contributed by atoms with Crippen molar-refractivity contribution in [2.75, 3.05) is 16.2 Å². The molecule has 3 aromatic rings. The van der Waals surface area contributed by atoms with Crippen molar-refractivity contribution in [3.05, 3.63) is 76.2 Å². The largest absolute Gasteiger partial charge is 0.459 e. The third-order valence-electron chi connectivity index (χ3n) is 4.61. The second-order valence-electron chi connectivity index (χ2n) is 6.56. The summed E-state index contributed by atoms with van der Waals surface area (Å²) >= 11 is 11.9. The average molecular weight is 451 g/mol. The minimum Gasteiger partial charge on any atom is -0.459 e. The molecule has 0 fully saturated rings. The van der Waals surface area contributed by atoms with Crippen LogP contribution in [0.2, 0.25) is 10.0 Å². The molecule has 0 saturated heterocycles. The number of hydrogen-bond acceptors (Lipinski definition) is 4. The van der Waals surface area contributed by atoms with Gasteiger partial charge in [0.2, 0.25) is 0 Å². The van der Waals surface area contributed by atoms with Gasteiger partial charge in [0.05, 0.1) is 11.3 Å². The monoisotopic (exact) mass is 450 g/mol. The summed E-state index contributed by atoms with van der Waals surface area (Å²) < 4.78 is 33.2. The van der Waals surface area contributed by atoms with Crippen LogP contribution in [0.1, 0.15) is 22.5 Å². The number of benzene rings is 2. The van der Waals surface area contributed by atoms with Crippen molar-refractivity contribution in [3.63, 3.8) is 0 Å². The number of carbonyl (C=O) groups is 1. The van der Waals surface area contributed by atoms with Crippen LogP contribution in [0.15, 0.2) is 64.1 Å². The van der Waals surface area contributed by atoms with Gasteiger partial charge >= 0.3 is 0 Å². The molecule has 1 N–H and O–H groups in total. The van der Waals surface area contributed by atoms with Gasteiger partial charge in [0.1, 0.15) is 4.90 Å². The van der Waals surface area contributed by atoms with E-state index in [9.17, 15) is 13.2 Å². The Morgan fingerprint density at radius 2 is 1.93 bits per heavy atom. The van der Waals surface area contributed by atoms with Crippen molar-refractivity contribution in [1.29, 1.82) is 0 Å². The van der Waals surface area contributed by atoms with Gasteiger partial charge in [-0.3, -0.25) is 9.52 Å². The Hall–Kier alpha value is -2.48. The highest BCUT2D eigenvalue weighted by Crippen LogP contribution is 2.32. The van der Waals surface area contributed by atoms with E-state index in [2.05, 4.69) is 4.72 Å². The molecule has 4 rings (SSSR count). The standard InChI is InChI=1S/C20H16Cl2N2O4S/c21-14-5-7-16(22)19(12-14)29(26,27)23-15-6-8-17-13(11-15)3-1-9-24(17)20(25)18-4-2-10-28-18/h2,4-8,10-12,23H,1,3,9H2. The summed E-state index contributed by atoms with van der Waals surface area (Å²) in [6, 6.07) is 12.6. The molecule has 6 nitrogen and oxygen atoms in total. The van der Waals surface area contributed by atoms with E-state index in [1.807, 2.05) is 0 Å². The highest BCUT2D eigenvalue weighted by molar-refractivity contribution is 7.92. The Kier molecular flexibility index (Phi) is 5.29. The van der Waals surface area contributed by atoms with E-state index in [1.165, 1.54) is 24.5 Å². The number of rotatable bonds is 4. The fourth-order valence-corrected chi connectivity index (χ4v) is 5.11. The quantitative estimate of drug-likeness (QED) is 0.607. The topological polar surface area (TPSA) is 79.6 Å². The van der Waals surface area contributed by atoms with E-state index >= 15 is 0 Å². The summed E-state index contributed by atoms with van der Waals surface area (Å²) in [5.74, 6) is 0.0354. The van der Waals surface area contributed by atoms with Gasteiger partial charge in [0.25, 0.3) is 15.9 Å². The molecule has 2 aromatic carbocycles. The molecule has 1 amide bonds. The first-order valence-corrected chi connectivity index (χ1v) is 11.1. The molecule has 0 radical (unpaired) electrons. The molecule has 9 heteroatoms. The molecule has 1 aliphatic rings. The van der Waals surface area contributed by atoms with E-state index < -0.39 is 10.0 Å². The number of anilines is 2. The van der Waals surface area contributed by atoms with Gasteiger partial charge in [-0.1, -0.05) is 23.2 Å². The molecular formula is C20H16Cl2N2O4S. The van der Waals surface area contributed by atoms with Gasteiger partial charge in [-0.05, 0) is 66.9 Å². The summed E-state index contributed by atoms with van der Waals surface area (Å²) in [5.41, 5.74) is 1.99. The highest BCUT2D eigenvalue weighted by Gasteiger charge is 2.26.